The zero-order valence-electron chi connectivity index (χ0n) is 12.2. The molecule has 0 aliphatic carbocycles. The number of hydrogen-bond acceptors (Lipinski definition) is 4. The number of anilines is 1. The lowest BCUT2D eigenvalue weighted by Gasteiger charge is -2.16. The first kappa shape index (κ1) is 15.6. The summed E-state index contributed by atoms with van der Waals surface area (Å²) < 4.78 is 4.94. The third-order valence-corrected chi connectivity index (χ3v) is 3.06. The Hall–Kier alpha value is -2.82. The Morgan fingerprint density at radius 2 is 1.86 bits per heavy atom. The Morgan fingerprint density at radius 1 is 1.14 bits per heavy atom. The van der Waals surface area contributed by atoms with Gasteiger partial charge < -0.3 is 15.2 Å². The molecule has 0 spiro atoms. The second-order valence-electron chi connectivity index (χ2n) is 4.63. The second-order valence-corrected chi connectivity index (χ2v) is 4.63. The fourth-order valence-corrected chi connectivity index (χ4v) is 2.05. The zero-order valence-corrected chi connectivity index (χ0v) is 12.2. The molecule has 5 heteroatoms. The first-order chi connectivity index (χ1) is 10.6. The van der Waals surface area contributed by atoms with Crippen molar-refractivity contribution in [2.24, 2.45) is 0 Å². The highest BCUT2D eigenvalue weighted by atomic mass is 16.5. The Bertz CT molecular complexity index is 655. The fourth-order valence-electron chi connectivity index (χ4n) is 2.05. The molecule has 5 nitrogen and oxygen atoms in total. The lowest BCUT2D eigenvalue weighted by Crippen LogP contribution is -2.20. The topological polar surface area (TPSA) is 75.6 Å². The maximum absolute atomic E-state index is 11.7. The summed E-state index contributed by atoms with van der Waals surface area (Å²) in [5.74, 6) is -1.43. The van der Waals surface area contributed by atoms with E-state index in [1.165, 1.54) is 0 Å². The standard InChI is InChI=1S/C17H17NO4/c1-2-22-17(21)13-9-6-10-14(11-13)18-15(16(19)20)12-7-4-3-5-8-12/h3-11,15,18H,2H2,1H3,(H,19,20). The molecule has 1 atom stereocenters. The Labute approximate surface area is 128 Å². The predicted octanol–water partition coefficient (Wildman–Crippen LogP) is 3.10. The highest BCUT2D eigenvalue weighted by Crippen LogP contribution is 2.21. The summed E-state index contributed by atoms with van der Waals surface area (Å²) in [6.07, 6.45) is 0. The van der Waals surface area contributed by atoms with Gasteiger partial charge in [-0.15, -0.1) is 0 Å². The first-order valence-corrected chi connectivity index (χ1v) is 6.93. The lowest BCUT2D eigenvalue weighted by molar-refractivity contribution is -0.138. The van der Waals surface area contributed by atoms with Crippen molar-refractivity contribution >= 4 is 17.6 Å². The zero-order chi connectivity index (χ0) is 15.9. The van der Waals surface area contributed by atoms with Gasteiger partial charge in [-0.1, -0.05) is 36.4 Å². The van der Waals surface area contributed by atoms with Crippen molar-refractivity contribution in [1.82, 2.24) is 0 Å². The van der Waals surface area contributed by atoms with E-state index >= 15 is 0 Å². The maximum atomic E-state index is 11.7. The number of carboxylic acid groups (broad SMARTS) is 1. The van der Waals surface area contributed by atoms with Crippen molar-refractivity contribution in [2.45, 2.75) is 13.0 Å². The molecule has 2 rings (SSSR count). The molecule has 0 saturated heterocycles. The Kier molecular flexibility index (Phi) is 5.14. The highest BCUT2D eigenvalue weighted by molar-refractivity contribution is 5.90. The van der Waals surface area contributed by atoms with Gasteiger partial charge in [0.2, 0.25) is 0 Å². The van der Waals surface area contributed by atoms with Crippen molar-refractivity contribution in [1.29, 1.82) is 0 Å². The van der Waals surface area contributed by atoms with Crippen molar-refractivity contribution in [3.63, 3.8) is 0 Å². The van der Waals surface area contributed by atoms with Crippen LogP contribution in [0.25, 0.3) is 0 Å². The molecule has 2 N–H and O–H groups in total. The van der Waals surface area contributed by atoms with Gasteiger partial charge in [0.15, 0.2) is 6.04 Å². The molecule has 0 aliphatic rings. The molecule has 22 heavy (non-hydrogen) atoms. The van der Waals surface area contributed by atoms with Gasteiger partial charge in [0.25, 0.3) is 0 Å². The average Bonchev–Trinajstić information content (AvgIpc) is 2.53. The molecule has 0 saturated carbocycles. The number of nitrogens with one attached hydrogen (secondary N) is 1. The Balaban J connectivity index is 2.22. The molecule has 2 aromatic rings. The van der Waals surface area contributed by atoms with Crippen LogP contribution in [0.4, 0.5) is 5.69 Å². The normalized spacial score (nSPS) is 11.5. The average molecular weight is 299 g/mol. The number of benzene rings is 2. The number of esters is 1. The van der Waals surface area contributed by atoms with Crippen LogP contribution in [0.3, 0.4) is 0 Å². The first-order valence-electron chi connectivity index (χ1n) is 6.93. The molecule has 0 radical (unpaired) electrons. The van der Waals surface area contributed by atoms with Crippen molar-refractivity contribution in [3.05, 3.63) is 65.7 Å². The highest BCUT2D eigenvalue weighted by Gasteiger charge is 2.19. The fraction of sp³-hybridized carbons (Fsp3) is 0.176. The van der Waals surface area contributed by atoms with Gasteiger partial charge >= 0.3 is 11.9 Å². The third kappa shape index (κ3) is 3.85. The van der Waals surface area contributed by atoms with Crippen molar-refractivity contribution in [2.75, 3.05) is 11.9 Å². The maximum Gasteiger partial charge on any atom is 0.338 e. The van der Waals surface area contributed by atoms with Gasteiger partial charge in [0, 0.05) is 5.69 Å². The van der Waals surface area contributed by atoms with Crippen molar-refractivity contribution in [3.8, 4) is 0 Å². The van der Waals surface area contributed by atoms with Crippen LogP contribution in [-0.4, -0.2) is 23.7 Å². The van der Waals surface area contributed by atoms with Crippen LogP contribution in [0.5, 0.6) is 0 Å². The summed E-state index contributed by atoms with van der Waals surface area (Å²) in [5, 5.41) is 12.3. The second kappa shape index (κ2) is 7.26. The molecule has 114 valence electrons. The minimum Gasteiger partial charge on any atom is -0.479 e. The van der Waals surface area contributed by atoms with Gasteiger partial charge in [-0.05, 0) is 30.7 Å². The van der Waals surface area contributed by atoms with Crippen LogP contribution in [0.1, 0.15) is 28.9 Å². The van der Waals surface area contributed by atoms with Crippen LogP contribution in [-0.2, 0) is 9.53 Å². The molecule has 0 heterocycles. The van der Waals surface area contributed by atoms with Crippen LogP contribution < -0.4 is 5.32 Å². The van der Waals surface area contributed by atoms with Crippen LogP contribution in [0.2, 0.25) is 0 Å². The minimum absolute atomic E-state index is 0.290. The summed E-state index contributed by atoms with van der Waals surface area (Å²) in [4.78, 5) is 23.2. The quantitative estimate of drug-likeness (QED) is 0.802. The van der Waals surface area contributed by atoms with E-state index in [0.717, 1.165) is 0 Å². The molecule has 0 fully saturated rings. The molecule has 0 aliphatic heterocycles. The monoisotopic (exact) mass is 299 g/mol. The van der Waals surface area contributed by atoms with E-state index in [-0.39, 0.29) is 6.61 Å². The number of carboxylic acids is 1. The van der Waals surface area contributed by atoms with Gasteiger partial charge in [-0.2, -0.15) is 0 Å². The van der Waals surface area contributed by atoms with Crippen LogP contribution in [0.15, 0.2) is 54.6 Å². The summed E-state index contributed by atoms with van der Waals surface area (Å²) in [6, 6.07) is 14.6. The van der Waals surface area contributed by atoms with Crippen molar-refractivity contribution < 1.29 is 19.4 Å². The molecular formula is C17H17NO4. The van der Waals surface area contributed by atoms with E-state index in [1.807, 2.05) is 6.07 Å². The molecule has 2 aromatic carbocycles. The third-order valence-electron chi connectivity index (χ3n) is 3.06. The summed E-state index contributed by atoms with van der Waals surface area (Å²) in [5.41, 5.74) is 1.56. The van der Waals surface area contributed by atoms with Crippen LogP contribution >= 0.6 is 0 Å². The van der Waals surface area contributed by atoms with Gasteiger partial charge in [-0.3, -0.25) is 0 Å². The number of rotatable bonds is 6. The predicted molar refractivity (Wildman–Crippen MR) is 82.8 cm³/mol. The molecule has 0 bridgehead atoms. The van der Waals surface area contributed by atoms with Crippen LogP contribution in [0, 0.1) is 0 Å². The van der Waals surface area contributed by atoms with E-state index in [4.69, 9.17) is 4.74 Å². The van der Waals surface area contributed by atoms with Gasteiger partial charge in [0.1, 0.15) is 0 Å². The molecule has 1 unspecified atom stereocenters. The number of hydrogen-bond donors (Lipinski definition) is 2. The number of carbonyl (C=O) groups excluding carboxylic acids is 1. The smallest absolute Gasteiger partial charge is 0.338 e. The molecular weight excluding hydrogens is 282 g/mol. The summed E-state index contributed by atoms with van der Waals surface area (Å²) >= 11 is 0. The van der Waals surface area contributed by atoms with E-state index in [1.54, 1.807) is 55.5 Å². The van der Waals surface area contributed by atoms with E-state index in [2.05, 4.69) is 5.32 Å². The van der Waals surface area contributed by atoms with E-state index < -0.39 is 18.0 Å². The van der Waals surface area contributed by atoms with E-state index in [0.29, 0.717) is 16.8 Å². The number of carbonyl (C=O) groups is 2. The Morgan fingerprint density at radius 3 is 2.50 bits per heavy atom. The molecule has 0 amide bonds. The minimum atomic E-state index is -0.993. The number of ether oxygens (including phenoxy) is 1. The largest absolute Gasteiger partial charge is 0.479 e. The van der Waals surface area contributed by atoms with E-state index in [9.17, 15) is 14.7 Å². The SMILES string of the molecule is CCOC(=O)c1cccc(NC(C(=O)O)c2ccccc2)c1. The summed E-state index contributed by atoms with van der Waals surface area (Å²) in [6.45, 7) is 2.02. The molecule has 0 aromatic heterocycles. The van der Waals surface area contributed by atoms with Gasteiger partial charge in [0.05, 0.1) is 12.2 Å². The summed E-state index contributed by atoms with van der Waals surface area (Å²) in [7, 11) is 0. The lowest BCUT2D eigenvalue weighted by atomic mass is 10.1. The van der Waals surface area contributed by atoms with Gasteiger partial charge in [-0.25, -0.2) is 9.59 Å². The number of aliphatic carboxylic acids is 1.